The number of carbonyl (C=O) groups excluding carboxylic acids is 1. The monoisotopic (exact) mass is 395 g/mol. The van der Waals surface area contributed by atoms with Gasteiger partial charge in [0.05, 0.1) is 12.3 Å². The quantitative estimate of drug-likeness (QED) is 0.483. The van der Waals surface area contributed by atoms with Gasteiger partial charge in [-0.25, -0.2) is 9.50 Å². The number of ether oxygens (including phenoxy) is 1. The van der Waals surface area contributed by atoms with Crippen LogP contribution in [0.2, 0.25) is 0 Å². The summed E-state index contributed by atoms with van der Waals surface area (Å²) < 4.78 is 6.92. The Labute approximate surface area is 164 Å². The summed E-state index contributed by atoms with van der Waals surface area (Å²) in [6.45, 7) is -0.783. The van der Waals surface area contributed by atoms with Gasteiger partial charge in [0.1, 0.15) is 36.2 Å². The van der Waals surface area contributed by atoms with Gasteiger partial charge in [0, 0.05) is 5.56 Å². The third-order valence-corrected chi connectivity index (χ3v) is 4.91. The molecule has 4 atom stereocenters. The number of hydrogen-bond acceptors (Lipinski definition) is 8. The molecule has 10 heteroatoms. The van der Waals surface area contributed by atoms with Crippen LogP contribution in [0.25, 0.3) is 5.52 Å². The lowest BCUT2D eigenvalue weighted by molar-refractivity contribution is -0.0746. The summed E-state index contributed by atoms with van der Waals surface area (Å²) in [5, 5.41) is 46.2. The highest BCUT2D eigenvalue weighted by Gasteiger charge is 2.55. The Bertz CT molecular complexity index is 1100. The van der Waals surface area contributed by atoms with Crippen LogP contribution in [0.4, 0.5) is 5.82 Å². The van der Waals surface area contributed by atoms with Crippen LogP contribution in [0.15, 0.2) is 48.8 Å². The molecule has 0 radical (unpaired) electrons. The molecule has 3 heterocycles. The molecule has 1 aliphatic rings. The summed E-state index contributed by atoms with van der Waals surface area (Å²) in [6.07, 6.45) is -2.96. The van der Waals surface area contributed by atoms with Gasteiger partial charge in [-0.1, -0.05) is 18.2 Å². The molecule has 1 aliphatic heterocycles. The normalized spacial score (nSPS) is 26.3. The predicted octanol–water partition coefficient (Wildman–Crippen LogP) is 0.0294. The number of nitriles is 1. The highest BCUT2D eigenvalue weighted by atomic mass is 16.6. The van der Waals surface area contributed by atoms with Crippen LogP contribution >= 0.6 is 0 Å². The maximum absolute atomic E-state index is 12.4. The molecule has 3 aromatic rings. The molecule has 1 amide bonds. The Hall–Kier alpha value is -3.36. The van der Waals surface area contributed by atoms with Gasteiger partial charge in [-0.05, 0) is 24.3 Å². The number of rotatable bonds is 4. The third-order valence-electron chi connectivity index (χ3n) is 4.91. The van der Waals surface area contributed by atoms with Crippen molar-refractivity contribution in [3.63, 3.8) is 0 Å². The fourth-order valence-electron chi connectivity index (χ4n) is 3.34. The number of amides is 1. The molecule has 148 valence electrons. The van der Waals surface area contributed by atoms with Crippen molar-refractivity contribution in [1.82, 2.24) is 14.6 Å². The van der Waals surface area contributed by atoms with Crippen molar-refractivity contribution in [1.29, 1.82) is 5.26 Å². The topological polar surface area (TPSA) is 153 Å². The SMILES string of the molecule is N#C[C@]1(CO)O[C@@H](c2ccc3c(NC(=O)c4ccccc4)ncnn23)[C@H](O)[C@@H]1O. The van der Waals surface area contributed by atoms with E-state index in [0.717, 1.165) is 0 Å². The number of fused-ring (bicyclic) bond motifs is 1. The van der Waals surface area contributed by atoms with E-state index in [1.807, 2.05) is 0 Å². The number of aliphatic hydroxyl groups excluding tert-OH is 3. The van der Waals surface area contributed by atoms with Gasteiger partial charge < -0.3 is 25.4 Å². The van der Waals surface area contributed by atoms with E-state index in [2.05, 4.69) is 15.4 Å². The Morgan fingerprint density at radius 1 is 1.28 bits per heavy atom. The van der Waals surface area contributed by atoms with Crippen molar-refractivity contribution < 1.29 is 24.9 Å². The number of aliphatic hydroxyl groups is 3. The number of hydrogen-bond donors (Lipinski definition) is 4. The summed E-state index contributed by atoms with van der Waals surface area (Å²) in [7, 11) is 0. The molecule has 4 N–H and O–H groups in total. The number of aromatic nitrogens is 3. The van der Waals surface area contributed by atoms with E-state index in [-0.39, 0.29) is 11.7 Å². The van der Waals surface area contributed by atoms with E-state index in [1.165, 1.54) is 10.8 Å². The van der Waals surface area contributed by atoms with Gasteiger partial charge in [-0.3, -0.25) is 4.79 Å². The molecule has 0 spiro atoms. The van der Waals surface area contributed by atoms with Gasteiger partial charge in [0.25, 0.3) is 5.91 Å². The van der Waals surface area contributed by atoms with Crippen LogP contribution in [0, 0.1) is 11.3 Å². The predicted molar refractivity (Wildman–Crippen MR) is 98.7 cm³/mol. The maximum Gasteiger partial charge on any atom is 0.256 e. The summed E-state index contributed by atoms with van der Waals surface area (Å²) >= 11 is 0. The minimum Gasteiger partial charge on any atom is -0.392 e. The number of nitrogens with zero attached hydrogens (tertiary/aromatic N) is 4. The average molecular weight is 395 g/mol. The van der Waals surface area contributed by atoms with Crippen molar-refractivity contribution >= 4 is 17.2 Å². The molecular formula is C19H17N5O5. The molecule has 0 aliphatic carbocycles. The third kappa shape index (κ3) is 3.02. The van der Waals surface area contributed by atoms with Crippen LogP contribution in [0.3, 0.4) is 0 Å². The van der Waals surface area contributed by atoms with Crippen molar-refractivity contribution in [3.8, 4) is 6.07 Å². The zero-order valence-corrected chi connectivity index (χ0v) is 15.0. The van der Waals surface area contributed by atoms with Crippen molar-refractivity contribution in [2.45, 2.75) is 23.9 Å². The molecule has 0 saturated carbocycles. The van der Waals surface area contributed by atoms with E-state index >= 15 is 0 Å². The average Bonchev–Trinajstić information content (AvgIpc) is 3.29. The van der Waals surface area contributed by atoms with Crippen LogP contribution < -0.4 is 5.32 Å². The fraction of sp³-hybridized carbons (Fsp3) is 0.263. The summed E-state index contributed by atoms with van der Waals surface area (Å²) in [4.78, 5) is 16.5. The zero-order chi connectivity index (χ0) is 20.6. The second-order valence-corrected chi connectivity index (χ2v) is 6.62. The van der Waals surface area contributed by atoms with E-state index < -0.39 is 30.5 Å². The molecule has 1 aromatic carbocycles. The summed E-state index contributed by atoms with van der Waals surface area (Å²) in [5.74, 6) is -0.118. The number of nitrogens with one attached hydrogen (secondary N) is 1. The van der Waals surface area contributed by atoms with E-state index in [0.29, 0.717) is 16.8 Å². The lowest BCUT2D eigenvalue weighted by Gasteiger charge is -2.21. The molecule has 2 aromatic heterocycles. The Balaban J connectivity index is 1.68. The van der Waals surface area contributed by atoms with Crippen LogP contribution in [-0.4, -0.2) is 60.2 Å². The highest BCUT2D eigenvalue weighted by Crippen LogP contribution is 2.40. The minimum absolute atomic E-state index is 0.238. The van der Waals surface area contributed by atoms with E-state index in [4.69, 9.17) is 4.74 Å². The van der Waals surface area contributed by atoms with Gasteiger partial charge in [0.2, 0.25) is 5.60 Å². The molecular weight excluding hydrogens is 378 g/mol. The summed E-state index contributed by atoms with van der Waals surface area (Å²) in [6, 6.07) is 13.5. The molecule has 1 fully saturated rings. The number of carbonyl (C=O) groups is 1. The minimum atomic E-state index is -1.94. The van der Waals surface area contributed by atoms with Crippen molar-refractivity contribution in [2.75, 3.05) is 11.9 Å². The molecule has 0 unspecified atom stereocenters. The first kappa shape index (κ1) is 19.0. The van der Waals surface area contributed by atoms with Gasteiger partial charge in [0.15, 0.2) is 5.82 Å². The van der Waals surface area contributed by atoms with Crippen molar-refractivity contribution in [3.05, 3.63) is 60.0 Å². The molecule has 4 rings (SSSR count). The first-order valence-electron chi connectivity index (χ1n) is 8.76. The second kappa shape index (κ2) is 7.23. The first-order valence-corrected chi connectivity index (χ1v) is 8.76. The molecule has 29 heavy (non-hydrogen) atoms. The number of benzene rings is 1. The Morgan fingerprint density at radius 3 is 2.69 bits per heavy atom. The van der Waals surface area contributed by atoms with E-state index in [9.17, 15) is 25.4 Å². The standard InChI is InChI=1S/C19H17N5O5/c20-8-19(9-25)16(27)14(26)15(29-19)12-6-7-13-17(21-10-22-24(12)13)23-18(28)11-4-2-1-3-5-11/h1-7,10,14-16,25-27H,9H2,(H,21,22,23,28)/t14-,15-,16-,19+/m0/s1. The molecule has 0 bridgehead atoms. The largest absolute Gasteiger partial charge is 0.392 e. The van der Waals surface area contributed by atoms with Crippen LogP contribution in [0.5, 0.6) is 0 Å². The van der Waals surface area contributed by atoms with Gasteiger partial charge in [-0.2, -0.15) is 10.4 Å². The highest BCUT2D eigenvalue weighted by molar-refractivity contribution is 6.05. The second-order valence-electron chi connectivity index (χ2n) is 6.62. The van der Waals surface area contributed by atoms with Gasteiger partial charge in [-0.15, -0.1) is 0 Å². The van der Waals surface area contributed by atoms with Gasteiger partial charge >= 0.3 is 0 Å². The Morgan fingerprint density at radius 2 is 2.03 bits per heavy atom. The fourth-order valence-corrected chi connectivity index (χ4v) is 3.34. The lowest BCUT2D eigenvalue weighted by atomic mass is 9.96. The molecule has 1 saturated heterocycles. The lowest BCUT2D eigenvalue weighted by Crippen LogP contribution is -2.44. The van der Waals surface area contributed by atoms with Crippen molar-refractivity contribution in [2.24, 2.45) is 0 Å². The Kier molecular flexibility index (Phi) is 4.73. The van der Waals surface area contributed by atoms with Crippen LogP contribution in [-0.2, 0) is 4.74 Å². The summed E-state index contributed by atoms with van der Waals surface area (Å²) in [5.41, 5.74) is -0.730. The smallest absolute Gasteiger partial charge is 0.256 e. The van der Waals surface area contributed by atoms with E-state index in [1.54, 1.807) is 48.5 Å². The number of anilines is 1. The zero-order valence-electron chi connectivity index (χ0n) is 15.0. The maximum atomic E-state index is 12.4. The van der Waals surface area contributed by atoms with Crippen LogP contribution in [0.1, 0.15) is 22.2 Å². The first-order chi connectivity index (χ1) is 14.0. The molecule has 10 nitrogen and oxygen atoms in total.